The van der Waals surface area contributed by atoms with E-state index < -0.39 is 19.9 Å². The van der Waals surface area contributed by atoms with Gasteiger partial charge in [-0.2, -0.15) is 0 Å². The summed E-state index contributed by atoms with van der Waals surface area (Å²) in [5.74, 6) is -0.466. The van der Waals surface area contributed by atoms with Gasteiger partial charge in [-0.1, -0.05) is 12.1 Å². The molecule has 27 heavy (non-hydrogen) atoms. The van der Waals surface area contributed by atoms with Crippen molar-refractivity contribution < 1.29 is 21.6 Å². The molecular formula is C18H22N2O5S2. The number of amides is 1. The van der Waals surface area contributed by atoms with E-state index in [9.17, 15) is 21.6 Å². The van der Waals surface area contributed by atoms with Gasteiger partial charge in [0.2, 0.25) is 10.0 Å². The van der Waals surface area contributed by atoms with Gasteiger partial charge >= 0.3 is 0 Å². The molecule has 0 saturated heterocycles. The van der Waals surface area contributed by atoms with Gasteiger partial charge in [-0.25, -0.2) is 21.6 Å². The fraction of sp³-hybridized carbons (Fsp3) is 0.278. The number of nitrogens with one attached hydrogen (secondary N) is 2. The number of sulfonamides is 1. The van der Waals surface area contributed by atoms with Crippen molar-refractivity contribution in [2.75, 3.05) is 11.6 Å². The predicted molar refractivity (Wildman–Crippen MR) is 105 cm³/mol. The maximum absolute atomic E-state index is 12.3. The van der Waals surface area contributed by atoms with Gasteiger partial charge in [0.25, 0.3) is 5.91 Å². The molecule has 0 spiro atoms. The lowest BCUT2D eigenvalue weighted by atomic mass is 10.1. The van der Waals surface area contributed by atoms with E-state index in [1.165, 1.54) is 24.3 Å². The lowest BCUT2D eigenvalue weighted by molar-refractivity contribution is 0.102. The van der Waals surface area contributed by atoms with Crippen LogP contribution in [-0.4, -0.2) is 35.0 Å². The molecule has 0 saturated carbocycles. The van der Waals surface area contributed by atoms with Crippen LogP contribution in [-0.2, 0) is 25.6 Å². The lowest BCUT2D eigenvalue weighted by Crippen LogP contribution is -2.30. The Hall–Kier alpha value is -2.23. The highest BCUT2D eigenvalue weighted by atomic mass is 32.2. The molecule has 0 aliphatic carbocycles. The van der Waals surface area contributed by atoms with Crippen molar-refractivity contribution in [2.45, 2.75) is 30.5 Å². The minimum Gasteiger partial charge on any atom is -0.322 e. The molecule has 1 amide bonds. The average Bonchev–Trinajstić information content (AvgIpc) is 2.53. The second-order valence-electron chi connectivity index (χ2n) is 6.52. The van der Waals surface area contributed by atoms with Gasteiger partial charge in [-0.05, 0) is 55.8 Å². The minimum absolute atomic E-state index is 0.0880. The normalized spacial score (nSPS) is 12.1. The van der Waals surface area contributed by atoms with E-state index in [4.69, 9.17) is 0 Å². The standard InChI is InChI=1S/C18H22N2O5S2/c1-13(2)20-27(24,25)17-10-8-16(9-11-17)19-18(21)15-6-4-14(5-7-15)12-26(3,22)23/h4-11,13,20H,12H2,1-3H3,(H,19,21). The zero-order chi connectivity index (χ0) is 20.2. The Balaban J connectivity index is 2.08. The maximum Gasteiger partial charge on any atom is 0.255 e. The number of anilines is 1. The van der Waals surface area contributed by atoms with Crippen LogP contribution in [0.5, 0.6) is 0 Å². The van der Waals surface area contributed by atoms with Crippen molar-refractivity contribution in [2.24, 2.45) is 0 Å². The Morgan fingerprint density at radius 2 is 1.48 bits per heavy atom. The summed E-state index contributed by atoms with van der Waals surface area (Å²) in [5, 5.41) is 2.67. The maximum atomic E-state index is 12.3. The first kappa shape index (κ1) is 21.1. The Morgan fingerprint density at radius 1 is 0.926 bits per heavy atom. The zero-order valence-corrected chi connectivity index (χ0v) is 16.9. The van der Waals surface area contributed by atoms with Gasteiger partial charge in [0.15, 0.2) is 9.84 Å². The number of hydrogen-bond acceptors (Lipinski definition) is 5. The Kier molecular flexibility index (Phi) is 6.40. The molecule has 2 N–H and O–H groups in total. The van der Waals surface area contributed by atoms with Gasteiger partial charge < -0.3 is 5.32 Å². The highest BCUT2D eigenvalue weighted by molar-refractivity contribution is 7.90. The number of carbonyl (C=O) groups excluding carboxylic acids is 1. The Labute approximate surface area is 159 Å². The number of sulfone groups is 1. The van der Waals surface area contributed by atoms with Gasteiger partial charge in [0, 0.05) is 23.5 Å². The predicted octanol–water partition coefficient (Wildman–Crippen LogP) is 2.17. The SMILES string of the molecule is CC(C)NS(=O)(=O)c1ccc(NC(=O)c2ccc(CS(C)(=O)=O)cc2)cc1. The second-order valence-corrected chi connectivity index (χ2v) is 10.4. The van der Waals surface area contributed by atoms with Crippen molar-refractivity contribution in [1.82, 2.24) is 4.72 Å². The third-order valence-corrected chi connectivity index (χ3v) is 5.99. The molecule has 7 nitrogen and oxygen atoms in total. The third kappa shape index (κ3) is 6.46. The largest absolute Gasteiger partial charge is 0.322 e. The summed E-state index contributed by atoms with van der Waals surface area (Å²) >= 11 is 0. The van der Waals surface area contributed by atoms with Crippen LogP contribution < -0.4 is 10.0 Å². The monoisotopic (exact) mass is 410 g/mol. The molecule has 0 bridgehead atoms. The molecule has 0 aliphatic heterocycles. The van der Waals surface area contributed by atoms with Crippen LogP contribution >= 0.6 is 0 Å². The first-order valence-corrected chi connectivity index (χ1v) is 11.7. The van der Waals surface area contributed by atoms with Crippen molar-refractivity contribution in [3.8, 4) is 0 Å². The molecule has 9 heteroatoms. The summed E-state index contributed by atoms with van der Waals surface area (Å²) in [6.07, 6.45) is 1.15. The molecule has 2 aromatic rings. The van der Waals surface area contributed by atoms with Crippen LogP contribution in [0.1, 0.15) is 29.8 Å². The molecule has 2 aromatic carbocycles. The van der Waals surface area contributed by atoms with Crippen LogP contribution in [0.3, 0.4) is 0 Å². The molecule has 0 unspecified atom stereocenters. The quantitative estimate of drug-likeness (QED) is 0.727. The molecule has 0 fully saturated rings. The molecule has 0 heterocycles. The van der Waals surface area contributed by atoms with Crippen LogP contribution in [0, 0.1) is 0 Å². The molecule has 0 radical (unpaired) electrons. The highest BCUT2D eigenvalue weighted by Gasteiger charge is 2.15. The molecule has 0 aromatic heterocycles. The molecule has 146 valence electrons. The number of carbonyl (C=O) groups is 1. The van der Waals surface area contributed by atoms with E-state index in [1.54, 1.807) is 38.1 Å². The van der Waals surface area contributed by atoms with Crippen LogP contribution in [0.25, 0.3) is 0 Å². The second kappa shape index (κ2) is 8.20. The third-order valence-electron chi connectivity index (χ3n) is 3.46. The van der Waals surface area contributed by atoms with Crippen molar-refractivity contribution in [1.29, 1.82) is 0 Å². The van der Waals surface area contributed by atoms with Crippen molar-refractivity contribution in [3.05, 3.63) is 59.7 Å². The van der Waals surface area contributed by atoms with E-state index in [0.717, 1.165) is 6.26 Å². The number of hydrogen-bond donors (Lipinski definition) is 2. The van der Waals surface area contributed by atoms with Gasteiger partial charge in [-0.15, -0.1) is 0 Å². The number of rotatable bonds is 7. The molecule has 0 atom stereocenters. The van der Waals surface area contributed by atoms with Gasteiger partial charge in [0.1, 0.15) is 0 Å². The summed E-state index contributed by atoms with van der Waals surface area (Å²) in [7, 11) is -6.73. The Bertz CT molecular complexity index is 1010. The van der Waals surface area contributed by atoms with Gasteiger partial charge in [0.05, 0.1) is 10.6 Å². The Morgan fingerprint density at radius 3 is 1.96 bits per heavy atom. The van der Waals surface area contributed by atoms with E-state index >= 15 is 0 Å². The van der Waals surface area contributed by atoms with E-state index in [-0.39, 0.29) is 22.6 Å². The molecular weight excluding hydrogens is 388 g/mol. The minimum atomic E-state index is -3.59. The average molecular weight is 411 g/mol. The fourth-order valence-electron chi connectivity index (χ4n) is 2.35. The smallest absolute Gasteiger partial charge is 0.255 e. The van der Waals surface area contributed by atoms with Crippen LogP contribution in [0.4, 0.5) is 5.69 Å². The zero-order valence-electron chi connectivity index (χ0n) is 15.3. The van der Waals surface area contributed by atoms with E-state index in [2.05, 4.69) is 10.0 Å². The molecule has 0 aliphatic rings. The van der Waals surface area contributed by atoms with Crippen molar-refractivity contribution in [3.63, 3.8) is 0 Å². The first-order chi connectivity index (χ1) is 12.5. The first-order valence-electron chi connectivity index (χ1n) is 8.17. The van der Waals surface area contributed by atoms with E-state index in [0.29, 0.717) is 16.8 Å². The lowest BCUT2D eigenvalue weighted by Gasteiger charge is -2.10. The summed E-state index contributed by atoms with van der Waals surface area (Å²) < 4.78 is 49.2. The van der Waals surface area contributed by atoms with E-state index in [1.807, 2.05) is 0 Å². The van der Waals surface area contributed by atoms with Gasteiger partial charge in [-0.3, -0.25) is 4.79 Å². The highest BCUT2D eigenvalue weighted by Crippen LogP contribution is 2.16. The summed E-state index contributed by atoms with van der Waals surface area (Å²) in [6.45, 7) is 3.46. The fourth-order valence-corrected chi connectivity index (χ4v) is 4.40. The summed E-state index contributed by atoms with van der Waals surface area (Å²) in [5.41, 5.74) is 1.41. The number of benzene rings is 2. The summed E-state index contributed by atoms with van der Waals surface area (Å²) in [6, 6.07) is 11.9. The molecule has 2 rings (SSSR count). The van der Waals surface area contributed by atoms with Crippen LogP contribution in [0.2, 0.25) is 0 Å². The summed E-state index contributed by atoms with van der Waals surface area (Å²) in [4.78, 5) is 12.4. The van der Waals surface area contributed by atoms with Crippen molar-refractivity contribution >= 4 is 31.5 Å². The topological polar surface area (TPSA) is 109 Å². The van der Waals surface area contributed by atoms with Crippen LogP contribution in [0.15, 0.2) is 53.4 Å².